The lowest BCUT2D eigenvalue weighted by Crippen LogP contribution is -2.46. The van der Waals surface area contributed by atoms with Crippen LogP contribution in [0.15, 0.2) is 42.6 Å². The summed E-state index contributed by atoms with van der Waals surface area (Å²) in [5.41, 5.74) is 1.90. The van der Waals surface area contributed by atoms with Crippen molar-refractivity contribution in [3.05, 3.63) is 48.2 Å². The number of rotatable bonds is 4. The van der Waals surface area contributed by atoms with Crippen LogP contribution >= 0.6 is 0 Å². The molecule has 0 amide bonds. The van der Waals surface area contributed by atoms with E-state index in [1.807, 2.05) is 35.4 Å². The van der Waals surface area contributed by atoms with Crippen LogP contribution in [0.4, 0.5) is 0 Å². The van der Waals surface area contributed by atoms with E-state index in [0.717, 1.165) is 30.5 Å². The molecule has 3 nitrogen and oxygen atoms in total. The molecular formula is C16H23NO2. The number of hydrogen-bond donors (Lipinski definition) is 1. The Labute approximate surface area is 115 Å². The number of allylic oxidation sites excluding steroid dienone is 1. The highest BCUT2D eigenvalue weighted by molar-refractivity contribution is 5.17. The molecule has 0 radical (unpaired) electrons. The lowest BCUT2D eigenvalue weighted by atomic mass is 9.91. The van der Waals surface area contributed by atoms with Crippen molar-refractivity contribution in [1.29, 1.82) is 0 Å². The third kappa shape index (κ3) is 3.17. The number of hydrogen-bond acceptors (Lipinski definition) is 3. The molecule has 1 fully saturated rings. The molecule has 0 saturated carbocycles. The molecule has 0 spiro atoms. The smallest absolute Gasteiger partial charge is 0.134 e. The van der Waals surface area contributed by atoms with Crippen molar-refractivity contribution < 1.29 is 9.94 Å². The molecule has 1 aliphatic rings. The van der Waals surface area contributed by atoms with E-state index in [4.69, 9.17) is 4.84 Å². The van der Waals surface area contributed by atoms with E-state index in [1.54, 1.807) is 0 Å². The van der Waals surface area contributed by atoms with E-state index in [1.165, 1.54) is 0 Å². The lowest BCUT2D eigenvalue weighted by Gasteiger charge is -2.45. The Kier molecular flexibility index (Phi) is 4.27. The largest absolute Gasteiger partial charge is 0.393 e. The number of aliphatic hydroxyl groups excluding tert-OH is 1. The normalized spacial score (nSPS) is 20.4. The summed E-state index contributed by atoms with van der Waals surface area (Å²) < 4.78 is 0. The Morgan fingerprint density at radius 1 is 1.37 bits per heavy atom. The number of hydroxylamine groups is 2. The third-order valence-electron chi connectivity index (χ3n) is 3.66. The molecule has 0 bridgehead atoms. The predicted molar refractivity (Wildman–Crippen MR) is 76.3 cm³/mol. The zero-order valence-corrected chi connectivity index (χ0v) is 11.8. The van der Waals surface area contributed by atoms with Crippen molar-refractivity contribution in [3.8, 4) is 0 Å². The summed E-state index contributed by atoms with van der Waals surface area (Å²) in [4.78, 5) is 6.04. The van der Waals surface area contributed by atoms with Gasteiger partial charge in [-0.3, -0.25) is 9.90 Å². The minimum atomic E-state index is -0.338. The average Bonchev–Trinajstić information content (AvgIpc) is 2.39. The first-order chi connectivity index (χ1) is 9.04. The standard InChI is InChI=1S/C16H23NO2/c1-13-8-7-11-16(2,3)17(13)19-15(12-18)14-9-5-4-6-10-14/h4-6,9-10,15,18H,1,7-8,11-12H2,2-3H3. The Balaban J connectivity index is 2.15. The second kappa shape index (κ2) is 5.76. The third-order valence-corrected chi connectivity index (χ3v) is 3.66. The molecule has 1 saturated heterocycles. The molecule has 1 unspecified atom stereocenters. The van der Waals surface area contributed by atoms with Crippen LogP contribution in [0.5, 0.6) is 0 Å². The second-order valence-corrected chi connectivity index (χ2v) is 5.71. The van der Waals surface area contributed by atoms with Gasteiger partial charge >= 0.3 is 0 Å². The maximum absolute atomic E-state index is 9.59. The van der Waals surface area contributed by atoms with Gasteiger partial charge in [0.2, 0.25) is 0 Å². The lowest BCUT2D eigenvalue weighted by molar-refractivity contribution is -0.241. The Morgan fingerprint density at radius 3 is 2.63 bits per heavy atom. The van der Waals surface area contributed by atoms with E-state index >= 15 is 0 Å². The minimum Gasteiger partial charge on any atom is -0.393 e. The molecule has 3 heteroatoms. The van der Waals surface area contributed by atoms with E-state index in [9.17, 15) is 5.11 Å². The van der Waals surface area contributed by atoms with Crippen molar-refractivity contribution in [2.75, 3.05) is 6.61 Å². The fourth-order valence-corrected chi connectivity index (χ4v) is 2.57. The van der Waals surface area contributed by atoms with Crippen LogP contribution in [0.1, 0.15) is 44.8 Å². The summed E-state index contributed by atoms with van der Waals surface area (Å²) >= 11 is 0. The zero-order valence-electron chi connectivity index (χ0n) is 11.8. The van der Waals surface area contributed by atoms with E-state index in [2.05, 4.69) is 20.4 Å². The van der Waals surface area contributed by atoms with Crippen molar-refractivity contribution >= 4 is 0 Å². The number of piperidine rings is 1. The fraction of sp³-hybridized carbons (Fsp3) is 0.500. The summed E-state index contributed by atoms with van der Waals surface area (Å²) in [5.74, 6) is 0. The number of aliphatic hydroxyl groups is 1. The molecule has 1 aliphatic heterocycles. The molecule has 0 aliphatic carbocycles. The van der Waals surface area contributed by atoms with Gasteiger partial charge in [0, 0.05) is 5.70 Å². The summed E-state index contributed by atoms with van der Waals surface area (Å²) in [6.45, 7) is 8.35. The van der Waals surface area contributed by atoms with Crippen LogP contribution in [0.3, 0.4) is 0 Å². The van der Waals surface area contributed by atoms with Gasteiger partial charge in [-0.15, -0.1) is 0 Å². The van der Waals surface area contributed by atoms with Crippen LogP contribution in [-0.2, 0) is 4.84 Å². The van der Waals surface area contributed by atoms with E-state index in [0.29, 0.717) is 0 Å². The van der Waals surface area contributed by atoms with Crippen LogP contribution < -0.4 is 0 Å². The monoisotopic (exact) mass is 261 g/mol. The van der Waals surface area contributed by atoms with Gasteiger partial charge in [-0.25, -0.2) is 0 Å². The summed E-state index contributed by atoms with van der Waals surface area (Å²) in [6, 6.07) is 9.82. The van der Waals surface area contributed by atoms with Crippen LogP contribution in [0.2, 0.25) is 0 Å². The summed E-state index contributed by atoms with van der Waals surface area (Å²) in [7, 11) is 0. The first-order valence-electron chi connectivity index (χ1n) is 6.85. The van der Waals surface area contributed by atoms with Gasteiger partial charge < -0.3 is 5.11 Å². The fourth-order valence-electron chi connectivity index (χ4n) is 2.57. The molecule has 1 aromatic rings. The van der Waals surface area contributed by atoms with Crippen LogP contribution in [-0.4, -0.2) is 22.3 Å². The molecule has 104 valence electrons. The first-order valence-corrected chi connectivity index (χ1v) is 6.85. The van der Waals surface area contributed by atoms with E-state index < -0.39 is 0 Å². The van der Waals surface area contributed by atoms with Gasteiger partial charge in [0.25, 0.3) is 0 Å². The van der Waals surface area contributed by atoms with Gasteiger partial charge in [0.05, 0.1) is 12.1 Å². The van der Waals surface area contributed by atoms with Gasteiger partial charge in [-0.05, 0) is 38.7 Å². The topological polar surface area (TPSA) is 32.7 Å². The van der Waals surface area contributed by atoms with Gasteiger partial charge in [0.1, 0.15) is 6.10 Å². The molecule has 19 heavy (non-hydrogen) atoms. The van der Waals surface area contributed by atoms with Crippen molar-refractivity contribution in [2.45, 2.75) is 44.8 Å². The van der Waals surface area contributed by atoms with Crippen LogP contribution in [0, 0.1) is 0 Å². The van der Waals surface area contributed by atoms with Crippen molar-refractivity contribution in [3.63, 3.8) is 0 Å². The average molecular weight is 261 g/mol. The highest BCUT2D eigenvalue weighted by atomic mass is 16.7. The minimum absolute atomic E-state index is 0.0378. The highest BCUT2D eigenvalue weighted by Crippen LogP contribution is 2.35. The zero-order chi connectivity index (χ0) is 13.9. The van der Waals surface area contributed by atoms with Crippen molar-refractivity contribution in [2.24, 2.45) is 0 Å². The molecule has 1 atom stereocenters. The summed E-state index contributed by atoms with van der Waals surface area (Å²) in [6.07, 6.45) is 2.83. The van der Waals surface area contributed by atoms with Gasteiger partial charge in [-0.2, -0.15) is 0 Å². The molecule has 1 N–H and O–H groups in total. The second-order valence-electron chi connectivity index (χ2n) is 5.71. The Morgan fingerprint density at radius 2 is 2.05 bits per heavy atom. The maximum Gasteiger partial charge on any atom is 0.134 e. The number of benzene rings is 1. The van der Waals surface area contributed by atoms with Gasteiger partial charge in [-0.1, -0.05) is 36.9 Å². The summed E-state index contributed by atoms with van der Waals surface area (Å²) in [5, 5.41) is 11.5. The highest BCUT2D eigenvalue weighted by Gasteiger charge is 2.34. The molecule has 1 aromatic carbocycles. The molecule has 2 rings (SSSR count). The molecule has 0 aromatic heterocycles. The van der Waals surface area contributed by atoms with E-state index in [-0.39, 0.29) is 18.2 Å². The number of nitrogens with zero attached hydrogens (tertiary/aromatic N) is 1. The maximum atomic E-state index is 9.59. The first kappa shape index (κ1) is 14.1. The SMILES string of the molecule is C=C1CCCC(C)(C)N1OC(CO)c1ccccc1. The Hall–Kier alpha value is -1.32. The molecular weight excluding hydrogens is 238 g/mol. The van der Waals surface area contributed by atoms with Crippen LogP contribution in [0.25, 0.3) is 0 Å². The predicted octanol–water partition coefficient (Wildman–Crippen LogP) is 3.43. The van der Waals surface area contributed by atoms with Crippen molar-refractivity contribution in [1.82, 2.24) is 5.06 Å². The Bertz CT molecular complexity index is 428. The molecule has 1 heterocycles. The van der Waals surface area contributed by atoms with Gasteiger partial charge in [0.15, 0.2) is 0 Å². The quantitative estimate of drug-likeness (QED) is 0.901.